The molecule has 3 aromatic heterocycles. The van der Waals surface area contributed by atoms with E-state index in [9.17, 15) is 0 Å². The highest BCUT2D eigenvalue weighted by Gasteiger charge is 2.26. The maximum absolute atomic E-state index is 4.42. The number of aromatic nitrogens is 4. The topological polar surface area (TPSA) is 55.6 Å². The Morgan fingerprint density at radius 1 is 1.33 bits per heavy atom. The Hall–Kier alpha value is -2.05. The van der Waals surface area contributed by atoms with Crippen molar-refractivity contribution in [2.24, 2.45) is 0 Å². The van der Waals surface area contributed by atoms with Crippen LogP contribution in [0.25, 0.3) is 0 Å². The average Bonchev–Trinajstić information content (AvgIpc) is 3.19. The SMILES string of the molecule is c1cncc(C2NCCn3c(Cc4ccsc4)nnc32)c1. The number of pyridine rings is 1. The van der Waals surface area contributed by atoms with E-state index in [1.165, 1.54) is 5.56 Å². The van der Waals surface area contributed by atoms with Gasteiger partial charge in [-0.05, 0) is 34.0 Å². The molecule has 0 aliphatic carbocycles. The zero-order valence-electron chi connectivity index (χ0n) is 11.4. The summed E-state index contributed by atoms with van der Waals surface area (Å²) in [7, 11) is 0. The Morgan fingerprint density at radius 3 is 3.14 bits per heavy atom. The molecule has 3 aromatic rings. The van der Waals surface area contributed by atoms with Gasteiger partial charge in [0.15, 0.2) is 5.82 Å². The molecule has 0 bridgehead atoms. The van der Waals surface area contributed by atoms with Crippen LogP contribution in [-0.4, -0.2) is 26.3 Å². The first-order valence-electron chi connectivity index (χ1n) is 6.98. The molecule has 106 valence electrons. The first-order valence-corrected chi connectivity index (χ1v) is 7.92. The molecular formula is C15H15N5S. The van der Waals surface area contributed by atoms with Crippen LogP contribution < -0.4 is 5.32 Å². The molecule has 0 radical (unpaired) electrons. The Balaban J connectivity index is 1.68. The monoisotopic (exact) mass is 297 g/mol. The van der Waals surface area contributed by atoms with Crippen LogP contribution >= 0.6 is 11.3 Å². The summed E-state index contributed by atoms with van der Waals surface area (Å²) in [6.07, 6.45) is 4.52. The van der Waals surface area contributed by atoms with Gasteiger partial charge in [-0.1, -0.05) is 6.07 Å². The zero-order valence-corrected chi connectivity index (χ0v) is 12.3. The molecule has 1 unspecified atom stereocenters. The molecule has 4 rings (SSSR count). The molecular weight excluding hydrogens is 282 g/mol. The molecule has 5 nitrogen and oxygen atoms in total. The fourth-order valence-electron chi connectivity index (χ4n) is 2.74. The van der Waals surface area contributed by atoms with E-state index in [-0.39, 0.29) is 6.04 Å². The molecule has 0 saturated heterocycles. The average molecular weight is 297 g/mol. The van der Waals surface area contributed by atoms with Gasteiger partial charge in [-0.25, -0.2) is 0 Å². The van der Waals surface area contributed by atoms with E-state index in [1.54, 1.807) is 17.5 Å². The van der Waals surface area contributed by atoms with Crippen molar-refractivity contribution < 1.29 is 0 Å². The molecule has 1 N–H and O–H groups in total. The molecule has 0 fully saturated rings. The number of rotatable bonds is 3. The first kappa shape index (κ1) is 12.7. The standard InChI is InChI=1S/C15H15N5S/c1-2-12(9-16-4-1)14-15-19-18-13(20(15)6-5-17-14)8-11-3-7-21-10-11/h1-4,7,9-10,14,17H,5-6,8H2. The highest BCUT2D eigenvalue weighted by molar-refractivity contribution is 7.07. The first-order chi connectivity index (χ1) is 10.4. The van der Waals surface area contributed by atoms with Crippen molar-refractivity contribution in [2.75, 3.05) is 6.54 Å². The Bertz CT molecular complexity index is 720. The minimum Gasteiger partial charge on any atom is -0.312 e. The molecule has 0 spiro atoms. The lowest BCUT2D eigenvalue weighted by atomic mass is 10.1. The summed E-state index contributed by atoms with van der Waals surface area (Å²) < 4.78 is 2.24. The number of nitrogens with one attached hydrogen (secondary N) is 1. The lowest BCUT2D eigenvalue weighted by Crippen LogP contribution is -2.35. The van der Waals surface area contributed by atoms with E-state index in [2.05, 4.69) is 48.0 Å². The molecule has 0 amide bonds. The van der Waals surface area contributed by atoms with Gasteiger partial charge in [-0.3, -0.25) is 4.98 Å². The van der Waals surface area contributed by atoms with Gasteiger partial charge in [-0.15, -0.1) is 10.2 Å². The van der Waals surface area contributed by atoms with Gasteiger partial charge < -0.3 is 9.88 Å². The van der Waals surface area contributed by atoms with Crippen LogP contribution in [0.3, 0.4) is 0 Å². The molecule has 4 heterocycles. The summed E-state index contributed by atoms with van der Waals surface area (Å²) in [6, 6.07) is 6.26. The third-order valence-corrected chi connectivity index (χ3v) is 4.49. The Kier molecular flexibility index (Phi) is 3.25. The minimum atomic E-state index is 0.0798. The van der Waals surface area contributed by atoms with Gasteiger partial charge in [0.1, 0.15) is 5.82 Å². The van der Waals surface area contributed by atoms with Crippen LogP contribution in [0.15, 0.2) is 41.4 Å². The van der Waals surface area contributed by atoms with Gasteiger partial charge in [-0.2, -0.15) is 11.3 Å². The predicted molar refractivity (Wildman–Crippen MR) is 81.2 cm³/mol. The van der Waals surface area contributed by atoms with Crippen LogP contribution in [0.5, 0.6) is 0 Å². The third-order valence-electron chi connectivity index (χ3n) is 3.76. The summed E-state index contributed by atoms with van der Waals surface area (Å²) in [4.78, 5) is 4.20. The Labute approximate surface area is 126 Å². The van der Waals surface area contributed by atoms with Crippen molar-refractivity contribution in [1.82, 2.24) is 25.1 Å². The highest BCUT2D eigenvalue weighted by Crippen LogP contribution is 2.24. The van der Waals surface area contributed by atoms with Crippen LogP contribution in [0, 0.1) is 0 Å². The van der Waals surface area contributed by atoms with Crippen LogP contribution in [0.4, 0.5) is 0 Å². The van der Waals surface area contributed by atoms with E-state index in [0.29, 0.717) is 0 Å². The molecule has 21 heavy (non-hydrogen) atoms. The maximum atomic E-state index is 4.42. The quantitative estimate of drug-likeness (QED) is 0.803. The van der Waals surface area contributed by atoms with Gasteiger partial charge in [0.05, 0.1) is 6.04 Å². The summed E-state index contributed by atoms with van der Waals surface area (Å²) in [5.74, 6) is 2.03. The predicted octanol–water partition coefficient (Wildman–Crippen LogP) is 2.02. The number of thiophene rings is 1. The number of hydrogen-bond acceptors (Lipinski definition) is 5. The lowest BCUT2D eigenvalue weighted by Gasteiger charge is -2.25. The van der Waals surface area contributed by atoms with Gasteiger partial charge >= 0.3 is 0 Å². The molecule has 6 heteroatoms. The van der Waals surface area contributed by atoms with Gasteiger partial charge in [0.2, 0.25) is 0 Å². The van der Waals surface area contributed by atoms with Crippen molar-refractivity contribution >= 4 is 11.3 Å². The second-order valence-electron chi connectivity index (χ2n) is 5.11. The van der Waals surface area contributed by atoms with Gasteiger partial charge in [0, 0.05) is 31.9 Å². The van der Waals surface area contributed by atoms with E-state index < -0.39 is 0 Å². The lowest BCUT2D eigenvalue weighted by molar-refractivity contribution is 0.448. The van der Waals surface area contributed by atoms with Gasteiger partial charge in [0.25, 0.3) is 0 Å². The van der Waals surface area contributed by atoms with Crippen molar-refractivity contribution in [3.8, 4) is 0 Å². The van der Waals surface area contributed by atoms with E-state index in [0.717, 1.165) is 36.7 Å². The number of fused-ring (bicyclic) bond motifs is 1. The zero-order chi connectivity index (χ0) is 14.1. The van der Waals surface area contributed by atoms with Crippen LogP contribution in [-0.2, 0) is 13.0 Å². The fraction of sp³-hybridized carbons (Fsp3) is 0.267. The Morgan fingerprint density at radius 2 is 2.33 bits per heavy atom. The fourth-order valence-corrected chi connectivity index (χ4v) is 3.41. The molecule has 0 aromatic carbocycles. The molecule has 0 saturated carbocycles. The van der Waals surface area contributed by atoms with Crippen molar-refractivity contribution in [1.29, 1.82) is 0 Å². The summed E-state index contributed by atoms with van der Waals surface area (Å²) in [6.45, 7) is 1.83. The third kappa shape index (κ3) is 2.36. The van der Waals surface area contributed by atoms with Crippen molar-refractivity contribution in [3.05, 3.63) is 64.1 Å². The second kappa shape index (κ2) is 5.38. The highest BCUT2D eigenvalue weighted by atomic mass is 32.1. The normalized spacial score (nSPS) is 17.6. The van der Waals surface area contributed by atoms with Crippen molar-refractivity contribution in [3.63, 3.8) is 0 Å². The summed E-state index contributed by atoms with van der Waals surface area (Å²) >= 11 is 1.72. The van der Waals surface area contributed by atoms with Crippen LogP contribution in [0.2, 0.25) is 0 Å². The second-order valence-corrected chi connectivity index (χ2v) is 5.89. The molecule has 1 atom stereocenters. The van der Waals surface area contributed by atoms with E-state index in [4.69, 9.17) is 0 Å². The smallest absolute Gasteiger partial charge is 0.154 e. The summed E-state index contributed by atoms with van der Waals surface area (Å²) in [5, 5.41) is 16.6. The maximum Gasteiger partial charge on any atom is 0.154 e. The minimum absolute atomic E-state index is 0.0798. The molecule has 1 aliphatic rings. The van der Waals surface area contributed by atoms with E-state index in [1.807, 2.05) is 12.3 Å². The van der Waals surface area contributed by atoms with Crippen LogP contribution in [0.1, 0.15) is 28.8 Å². The van der Waals surface area contributed by atoms with E-state index >= 15 is 0 Å². The number of hydrogen-bond donors (Lipinski definition) is 1. The number of nitrogens with zero attached hydrogens (tertiary/aromatic N) is 4. The largest absolute Gasteiger partial charge is 0.312 e. The summed E-state index contributed by atoms with van der Waals surface area (Å²) in [5.41, 5.74) is 2.43. The molecule has 1 aliphatic heterocycles. The van der Waals surface area contributed by atoms with Crippen molar-refractivity contribution in [2.45, 2.75) is 19.0 Å².